The van der Waals surface area contributed by atoms with Crippen LogP contribution in [-0.2, 0) is 29.4 Å². The maximum absolute atomic E-state index is 13.0. The molecule has 1 heterocycles. The topological polar surface area (TPSA) is 40.6 Å². The van der Waals surface area contributed by atoms with Gasteiger partial charge in [-0.1, -0.05) is 36.4 Å². The van der Waals surface area contributed by atoms with Crippen LogP contribution in [0.3, 0.4) is 0 Å². The van der Waals surface area contributed by atoms with E-state index in [1.54, 1.807) is 10.4 Å². The van der Waals surface area contributed by atoms with Crippen molar-refractivity contribution in [2.75, 3.05) is 26.2 Å². The molecule has 4 rings (SSSR count). The van der Waals surface area contributed by atoms with Gasteiger partial charge in [0.15, 0.2) is 0 Å². The van der Waals surface area contributed by atoms with Crippen LogP contribution in [0.25, 0.3) is 0 Å². The highest BCUT2D eigenvalue weighted by atomic mass is 32.2. The summed E-state index contributed by atoms with van der Waals surface area (Å²) in [6, 6.07) is 16.0. The molecular formula is C20H24N2O2S. The van der Waals surface area contributed by atoms with E-state index in [-0.39, 0.29) is 0 Å². The summed E-state index contributed by atoms with van der Waals surface area (Å²) < 4.78 is 27.6. The number of nitrogens with zero attached hydrogens (tertiary/aromatic N) is 2. The number of aryl methyl sites for hydroxylation is 2. The lowest BCUT2D eigenvalue weighted by molar-refractivity contribution is 0.181. The van der Waals surface area contributed by atoms with E-state index >= 15 is 0 Å². The zero-order chi connectivity index (χ0) is 17.3. The van der Waals surface area contributed by atoms with Crippen molar-refractivity contribution in [3.05, 3.63) is 65.2 Å². The zero-order valence-electron chi connectivity index (χ0n) is 14.4. The lowest BCUT2D eigenvalue weighted by atomic mass is 10.1. The van der Waals surface area contributed by atoms with Crippen LogP contribution < -0.4 is 0 Å². The molecular weight excluding hydrogens is 332 g/mol. The minimum atomic E-state index is -3.37. The van der Waals surface area contributed by atoms with Crippen molar-refractivity contribution >= 4 is 10.0 Å². The Labute approximate surface area is 150 Å². The number of hydrogen-bond acceptors (Lipinski definition) is 3. The smallest absolute Gasteiger partial charge is 0.243 e. The molecule has 0 atom stereocenters. The maximum Gasteiger partial charge on any atom is 0.243 e. The van der Waals surface area contributed by atoms with Crippen molar-refractivity contribution in [2.24, 2.45) is 0 Å². The van der Waals surface area contributed by atoms with Crippen molar-refractivity contribution in [2.45, 2.75) is 30.7 Å². The summed E-state index contributed by atoms with van der Waals surface area (Å²) in [5.41, 5.74) is 3.80. The number of benzene rings is 2. The van der Waals surface area contributed by atoms with Gasteiger partial charge in [-0.2, -0.15) is 4.31 Å². The monoisotopic (exact) mass is 356 g/mol. The van der Waals surface area contributed by atoms with Crippen molar-refractivity contribution < 1.29 is 8.42 Å². The molecule has 2 aliphatic rings. The average molecular weight is 356 g/mol. The van der Waals surface area contributed by atoms with E-state index in [2.05, 4.69) is 17.0 Å². The van der Waals surface area contributed by atoms with E-state index < -0.39 is 10.0 Å². The molecule has 0 N–H and O–H groups in total. The normalized spacial score (nSPS) is 19.0. The minimum absolute atomic E-state index is 0.463. The molecule has 0 saturated carbocycles. The number of sulfonamides is 1. The second-order valence-corrected chi connectivity index (χ2v) is 8.89. The van der Waals surface area contributed by atoms with Crippen LogP contribution in [0.1, 0.15) is 23.1 Å². The summed E-state index contributed by atoms with van der Waals surface area (Å²) in [7, 11) is -3.37. The Morgan fingerprint density at radius 1 is 0.840 bits per heavy atom. The molecule has 2 aromatic carbocycles. The van der Waals surface area contributed by atoms with Gasteiger partial charge >= 0.3 is 0 Å². The molecule has 1 aliphatic carbocycles. The van der Waals surface area contributed by atoms with Gasteiger partial charge in [0.25, 0.3) is 0 Å². The predicted molar refractivity (Wildman–Crippen MR) is 98.9 cm³/mol. The molecule has 0 spiro atoms. The van der Waals surface area contributed by atoms with E-state index in [4.69, 9.17) is 0 Å². The Balaban J connectivity index is 1.43. The van der Waals surface area contributed by atoms with Crippen molar-refractivity contribution in [3.63, 3.8) is 0 Å². The summed E-state index contributed by atoms with van der Waals surface area (Å²) in [4.78, 5) is 2.79. The standard InChI is InChI=1S/C20H24N2O2S/c23-25(24,20-10-9-18-7-4-8-19(18)15-20)22-13-11-21(12-14-22)16-17-5-2-1-3-6-17/h1-3,5-6,9-10,15H,4,7-8,11-14,16H2. The van der Waals surface area contributed by atoms with E-state index in [0.717, 1.165) is 38.9 Å². The molecule has 1 fully saturated rings. The first-order valence-electron chi connectivity index (χ1n) is 9.01. The van der Waals surface area contributed by atoms with Gasteiger partial charge in [0.2, 0.25) is 10.0 Å². The predicted octanol–water partition coefficient (Wildman–Crippen LogP) is 2.68. The zero-order valence-corrected chi connectivity index (χ0v) is 15.2. The molecule has 5 heteroatoms. The summed E-state index contributed by atoms with van der Waals surface area (Å²) in [5, 5.41) is 0. The highest BCUT2D eigenvalue weighted by molar-refractivity contribution is 7.89. The molecule has 0 unspecified atom stereocenters. The van der Waals surface area contributed by atoms with Gasteiger partial charge in [0, 0.05) is 32.7 Å². The molecule has 4 nitrogen and oxygen atoms in total. The van der Waals surface area contributed by atoms with Gasteiger partial charge < -0.3 is 0 Å². The van der Waals surface area contributed by atoms with Crippen LogP contribution in [0, 0.1) is 0 Å². The molecule has 0 aromatic heterocycles. The summed E-state index contributed by atoms with van der Waals surface area (Å²) in [5.74, 6) is 0. The van der Waals surface area contributed by atoms with E-state index in [0.29, 0.717) is 18.0 Å². The third kappa shape index (κ3) is 3.50. The molecule has 1 aliphatic heterocycles. The van der Waals surface area contributed by atoms with Crippen molar-refractivity contribution in [1.82, 2.24) is 9.21 Å². The lowest BCUT2D eigenvalue weighted by Gasteiger charge is -2.34. The molecule has 1 saturated heterocycles. The van der Waals surface area contributed by atoms with Crippen LogP contribution in [0.2, 0.25) is 0 Å². The first kappa shape index (κ1) is 16.8. The van der Waals surface area contributed by atoms with Gasteiger partial charge in [-0.15, -0.1) is 0 Å². The van der Waals surface area contributed by atoms with Gasteiger partial charge in [0.1, 0.15) is 0 Å². The van der Waals surface area contributed by atoms with Crippen molar-refractivity contribution in [1.29, 1.82) is 0 Å². The fourth-order valence-corrected chi connectivity index (χ4v) is 5.30. The molecule has 2 aromatic rings. The SMILES string of the molecule is O=S(=O)(c1ccc2c(c1)CCC2)N1CCN(Cc2ccccc2)CC1. The van der Waals surface area contributed by atoms with Crippen LogP contribution in [0.15, 0.2) is 53.4 Å². The van der Waals surface area contributed by atoms with Gasteiger partial charge in [-0.3, -0.25) is 4.90 Å². The molecule has 0 amide bonds. The highest BCUT2D eigenvalue weighted by Gasteiger charge is 2.29. The largest absolute Gasteiger partial charge is 0.296 e. The van der Waals surface area contributed by atoms with Gasteiger partial charge in [-0.05, 0) is 48.1 Å². The Kier molecular flexibility index (Phi) is 4.63. The first-order chi connectivity index (χ1) is 12.1. The Morgan fingerprint density at radius 2 is 1.56 bits per heavy atom. The van der Waals surface area contributed by atoms with E-state index in [9.17, 15) is 8.42 Å². The number of piperazine rings is 1. The summed E-state index contributed by atoms with van der Waals surface area (Å²) in [6.07, 6.45) is 3.22. The van der Waals surface area contributed by atoms with Crippen LogP contribution in [0.4, 0.5) is 0 Å². The summed E-state index contributed by atoms with van der Waals surface area (Å²) >= 11 is 0. The van der Waals surface area contributed by atoms with Crippen LogP contribution in [0.5, 0.6) is 0 Å². The molecule has 25 heavy (non-hydrogen) atoms. The fraction of sp³-hybridized carbons (Fsp3) is 0.400. The second kappa shape index (κ2) is 6.90. The van der Waals surface area contributed by atoms with Crippen LogP contribution >= 0.6 is 0 Å². The Hall–Kier alpha value is -1.69. The summed E-state index contributed by atoms with van der Waals surface area (Å²) in [6.45, 7) is 3.56. The Bertz CT molecular complexity index is 841. The highest BCUT2D eigenvalue weighted by Crippen LogP contribution is 2.26. The van der Waals surface area contributed by atoms with E-state index in [1.807, 2.05) is 30.3 Å². The molecule has 132 valence electrons. The van der Waals surface area contributed by atoms with Gasteiger partial charge in [-0.25, -0.2) is 8.42 Å². The maximum atomic E-state index is 13.0. The minimum Gasteiger partial charge on any atom is -0.296 e. The molecule has 0 radical (unpaired) electrons. The second-order valence-electron chi connectivity index (χ2n) is 6.95. The van der Waals surface area contributed by atoms with Crippen molar-refractivity contribution in [3.8, 4) is 0 Å². The lowest BCUT2D eigenvalue weighted by Crippen LogP contribution is -2.48. The first-order valence-corrected chi connectivity index (χ1v) is 10.5. The average Bonchev–Trinajstić information content (AvgIpc) is 3.11. The third-order valence-corrected chi connectivity index (χ3v) is 7.18. The number of rotatable bonds is 4. The molecule has 0 bridgehead atoms. The van der Waals surface area contributed by atoms with Gasteiger partial charge in [0.05, 0.1) is 4.90 Å². The quantitative estimate of drug-likeness (QED) is 0.846. The Morgan fingerprint density at radius 3 is 2.32 bits per heavy atom. The fourth-order valence-electron chi connectivity index (χ4n) is 3.83. The number of fused-ring (bicyclic) bond motifs is 1. The number of hydrogen-bond donors (Lipinski definition) is 0. The van der Waals surface area contributed by atoms with Crippen LogP contribution in [-0.4, -0.2) is 43.8 Å². The third-order valence-electron chi connectivity index (χ3n) is 5.29. The van der Waals surface area contributed by atoms with E-state index in [1.165, 1.54) is 16.7 Å².